The number of halogens is 4. The lowest BCUT2D eigenvalue weighted by atomic mass is 10.0. The fraction of sp³-hybridized carbons (Fsp3) is 0.500. The van der Waals surface area contributed by atoms with Gasteiger partial charge in [0.25, 0.3) is 0 Å². The van der Waals surface area contributed by atoms with Crippen molar-refractivity contribution in [2.24, 2.45) is 0 Å². The van der Waals surface area contributed by atoms with Crippen molar-refractivity contribution in [1.29, 1.82) is 0 Å². The molecule has 0 radical (unpaired) electrons. The van der Waals surface area contributed by atoms with Gasteiger partial charge in [-0.2, -0.15) is 25.9 Å². The normalized spacial score (nSPS) is 25.0. The Hall–Kier alpha value is -1.19. The molecule has 2 atom stereocenters. The third-order valence-electron chi connectivity index (χ3n) is 3.12. The molecule has 0 amide bonds. The van der Waals surface area contributed by atoms with Gasteiger partial charge >= 0.3 is 16.6 Å². The van der Waals surface area contributed by atoms with E-state index in [-0.39, 0.29) is 18.7 Å². The number of rotatable bonds is 2. The molecule has 0 bridgehead atoms. The van der Waals surface area contributed by atoms with E-state index >= 15 is 0 Å². The molecule has 1 aromatic carbocycles. The Morgan fingerprint density at radius 2 is 1.95 bits per heavy atom. The fourth-order valence-electron chi connectivity index (χ4n) is 2.19. The molecule has 1 aliphatic heterocycles. The van der Waals surface area contributed by atoms with Crippen LogP contribution in [0, 0.1) is 0 Å². The van der Waals surface area contributed by atoms with Crippen LogP contribution in [-0.4, -0.2) is 31.9 Å². The number of hydrogen-bond acceptors (Lipinski definition) is 3. The largest absolute Gasteiger partial charge is 0.416 e. The zero-order chi connectivity index (χ0) is 15.8. The molecule has 1 heterocycles. The summed E-state index contributed by atoms with van der Waals surface area (Å²) >= 11 is 0. The summed E-state index contributed by atoms with van der Waals surface area (Å²) in [7, 11) is -4.91. The summed E-state index contributed by atoms with van der Waals surface area (Å²) in [5.74, 6) is 0. The Kier molecular flexibility index (Phi) is 4.27. The van der Waals surface area contributed by atoms with Gasteiger partial charge in [-0.15, -0.1) is 0 Å². The molecule has 21 heavy (non-hydrogen) atoms. The van der Waals surface area contributed by atoms with E-state index in [9.17, 15) is 25.5 Å². The fourth-order valence-corrected chi connectivity index (χ4v) is 2.89. The van der Waals surface area contributed by atoms with Crippen LogP contribution in [0.1, 0.15) is 24.2 Å². The topological polar surface area (TPSA) is 46.6 Å². The second-order valence-corrected chi connectivity index (χ2v) is 6.16. The average Bonchev–Trinajstić information content (AvgIpc) is 2.36. The number of alkyl halides is 3. The van der Waals surface area contributed by atoms with Gasteiger partial charge in [0.15, 0.2) is 0 Å². The molecule has 118 valence electrons. The Labute approximate surface area is 119 Å². The predicted molar refractivity (Wildman–Crippen MR) is 66.3 cm³/mol. The second kappa shape index (κ2) is 5.54. The maximum absolute atomic E-state index is 13.1. The van der Waals surface area contributed by atoms with Gasteiger partial charge in [-0.25, -0.2) is 0 Å². The lowest BCUT2D eigenvalue weighted by Crippen LogP contribution is -2.44. The van der Waals surface area contributed by atoms with Crippen LogP contribution in [0.5, 0.6) is 0 Å². The minimum Gasteiger partial charge on any atom is -0.368 e. The van der Waals surface area contributed by atoms with Gasteiger partial charge in [0, 0.05) is 13.1 Å². The lowest BCUT2D eigenvalue weighted by Gasteiger charge is -2.34. The van der Waals surface area contributed by atoms with E-state index in [1.165, 1.54) is 19.1 Å². The van der Waals surface area contributed by atoms with Crippen molar-refractivity contribution in [3.05, 3.63) is 35.4 Å². The van der Waals surface area contributed by atoms with Crippen LogP contribution < -0.4 is 0 Å². The number of nitrogens with zero attached hydrogens (tertiary/aromatic N) is 1. The van der Waals surface area contributed by atoms with Crippen molar-refractivity contribution >= 4 is 10.4 Å². The van der Waals surface area contributed by atoms with Crippen molar-refractivity contribution < 1.29 is 30.2 Å². The molecule has 1 aromatic rings. The van der Waals surface area contributed by atoms with Gasteiger partial charge in [-0.1, -0.05) is 16.0 Å². The number of hydrogen-bond donors (Lipinski definition) is 0. The van der Waals surface area contributed by atoms with E-state index in [0.717, 1.165) is 12.1 Å². The van der Waals surface area contributed by atoms with Crippen molar-refractivity contribution in [2.75, 3.05) is 13.1 Å². The monoisotopic (exact) mass is 327 g/mol. The summed E-state index contributed by atoms with van der Waals surface area (Å²) in [4.78, 5) is 0. The highest BCUT2D eigenvalue weighted by Gasteiger charge is 2.35. The summed E-state index contributed by atoms with van der Waals surface area (Å²) in [5.41, 5.74) is -0.707. The van der Waals surface area contributed by atoms with E-state index in [1.807, 2.05) is 0 Å². The van der Waals surface area contributed by atoms with Crippen molar-refractivity contribution in [1.82, 2.24) is 4.31 Å². The zero-order valence-corrected chi connectivity index (χ0v) is 11.8. The lowest BCUT2D eigenvalue weighted by molar-refractivity contribution is -0.137. The first-order valence-electron chi connectivity index (χ1n) is 6.09. The van der Waals surface area contributed by atoms with Gasteiger partial charge in [0.1, 0.15) is 0 Å². The van der Waals surface area contributed by atoms with E-state index in [2.05, 4.69) is 0 Å². The minimum atomic E-state index is -4.91. The molecule has 0 saturated carbocycles. The molecule has 2 unspecified atom stereocenters. The van der Waals surface area contributed by atoms with Crippen LogP contribution >= 0.6 is 0 Å². The number of ether oxygens (including phenoxy) is 1. The van der Waals surface area contributed by atoms with Crippen molar-refractivity contribution in [2.45, 2.75) is 25.3 Å². The molecule has 9 heteroatoms. The minimum absolute atomic E-state index is 0.157. The summed E-state index contributed by atoms with van der Waals surface area (Å²) in [6.07, 6.45) is -6.08. The molecular formula is C12H13F4NO3S. The van der Waals surface area contributed by atoms with E-state index < -0.39 is 34.4 Å². The molecule has 0 N–H and O–H groups in total. The highest BCUT2D eigenvalue weighted by atomic mass is 32.3. The van der Waals surface area contributed by atoms with E-state index in [1.54, 1.807) is 0 Å². The quantitative estimate of drug-likeness (QED) is 0.620. The third-order valence-corrected chi connectivity index (χ3v) is 4.04. The molecule has 2 rings (SSSR count). The van der Waals surface area contributed by atoms with Crippen LogP contribution in [0.3, 0.4) is 0 Å². The standard InChI is InChI=1S/C12H13F4NO3S/c1-8-6-17(21(16,18)19)7-11(20-8)9-3-2-4-10(5-9)12(13,14)15/h2-5,8,11H,6-7H2,1H3. The first-order chi connectivity index (χ1) is 9.57. The SMILES string of the molecule is CC1CN(S(=O)(=O)F)CC(c2cccc(C(F)(F)F)c2)O1. The van der Waals surface area contributed by atoms with E-state index in [4.69, 9.17) is 4.74 Å². The first kappa shape index (κ1) is 16.2. The molecule has 1 aliphatic rings. The highest BCUT2D eigenvalue weighted by Crippen LogP contribution is 2.33. The molecular weight excluding hydrogens is 314 g/mol. The molecule has 1 fully saturated rings. The molecule has 0 spiro atoms. The van der Waals surface area contributed by atoms with Crippen LogP contribution in [0.4, 0.5) is 17.1 Å². The van der Waals surface area contributed by atoms with Crippen molar-refractivity contribution in [3.63, 3.8) is 0 Å². The van der Waals surface area contributed by atoms with Crippen molar-refractivity contribution in [3.8, 4) is 0 Å². The Morgan fingerprint density at radius 3 is 2.52 bits per heavy atom. The first-order valence-corrected chi connectivity index (χ1v) is 7.44. The Morgan fingerprint density at radius 1 is 1.29 bits per heavy atom. The van der Waals surface area contributed by atoms with Gasteiger partial charge in [0.2, 0.25) is 0 Å². The summed E-state index contributed by atoms with van der Waals surface area (Å²) in [6.45, 7) is 0.997. The average molecular weight is 327 g/mol. The number of benzene rings is 1. The molecule has 1 saturated heterocycles. The highest BCUT2D eigenvalue weighted by molar-refractivity contribution is 7.83. The van der Waals surface area contributed by atoms with Gasteiger partial charge < -0.3 is 4.74 Å². The maximum atomic E-state index is 13.1. The molecule has 0 aliphatic carbocycles. The Bertz CT molecular complexity index is 617. The predicted octanol–water partition coefficient (Wildman–Crippen LogP) is 2.68. The summed E-state index contributed by atoms with van der Waals surface area (Å²) < 4.78 is 79.0. The maximum Gasteiger partial charge on any atom is 0.416 e. The van der Waals surface area contributed by atoms with E-state index in [0.29, 0.717) is 4.31 Å². The Balaban J connectivity index is 2.29. The van der Waals surface area contributed by atoms with Gasteiger partial charge in [-0.05, 0) is 24.6 Å². The van der Waals surface area contributed by atoms with Gasteiger partial charge in [-0.3, -0.25) is 0 Å². The third kappa shape index (κ3) is 3.92. The van der Waals surface area contributed by atoms with Crippen LogP contribution in [0.2, 0.25) is 0 Å². The summed E-state index contributed by atoms with van der Waals surface area (Å²) in [6, 6.07) is 4.38. The van der Waals surface area contributed by atoms with Crippen LogP contribution in [-0.2, 0) is 21.3 Å². The molecule has 0 aromatic heterocycles. The molecule has 4 nitrogen and oxygen atoms in total. The van der Waals surface area contributed by atoms with Crippen LogP contribution in [0.15, 0.2) is 24.3 Å². The number of morpholine rings is 1. The second-order valence-electron chi connectivity index (χ2n) is 4.82. The zero-order valence-electron chi connectivity index (χ0n) is 11.0. The van der Waals surface area contributed by atoms with Gasteiger partial charge in [0.05, 0.1) is 17.8 Å². The van der Waals surface area contributed by atoms with Crippen LogP contribution in [0.25, 0.3) is 0 Å². The smallest absolute Gasteiger partial charge is 0.368 e. The summed E-state index contributed by atoms with van der Waals surface area (Å²) in [5, 5.41) is 0.